The van der Waals surface area contributed by atoms with Crippen molar-refractivity contribution in [1.29, 1.82) is 0 Å². The highest BCUT2D eigenvalue weighted by molar-refractivity contribution is 5.76. The zero-order valence-electron chi connectivity index (χ0n) is 18.7. The van der Waals surface area contributed by atoms with Crippen molar-refractivity contribution in [3.8, 4) is 17.0 Å². The Kier molecular flexibility index (Phi) is 6.18. The number of H-pyrrole nitrogens is 1. The second-order valence-electron chi connectivity index (χ2n) is 8.71. The number of alkyl halides is 4. The number of fused-ring (bicyclic) bond motifs is 1. The fraction of sp³-hybridized carbons (Fsp3) is 0.375. The van der Waals surface area contributed by atoms with Gasteiger partial charge >= 0.3 is 12.1 Å². The number of nitrogens with zero attached hydrogens (tertiary/aromatic N) is 4. The number of piperazine rings is 1. The van der Waals surface area contributed by atoms with Crippen molar-refractivity contribution in [1.82, 2.24) is 20.1 Å². The highest BCUT2D eigenvalue weighted by Gasteiger charge is 2.32. The molecule has 2 aliphatic heterocycles. The van der Waals surface area contributed by atoms with Crippen LogP contribution in [0.15, 0.2) is 42.7 Å². The molecule has 0 bridgehead atoms. The van der Waals surface area contributed by atoms with Crippen LogP contribution in [0.1, 0.15) is 23.1 Å². The lowest BCUT2D eigenvalue weighted by molar-refractivity contribution is -0.138. The average Bonchev–Trinajstić information content (AvgIpc) is 3.31. The number of rotatable bonds is 5. The summed E-state index contributed by atoms with van der Waals surface area (Å²) >= 11 is 0. The molecule has 1 saturated heterocycles. The number of aryl methyl sites for hydroxylation is 1. The summed E-state index contributed by atoms with van der Waals surface area (Å²) in [6, 6.07) is 7.37. The van der Waals surface area contributed by atoms with E-state index in [1.807, 2.05) is 12.1 Å². The number of carbonyl (C=O) groups is 1. The molecule has 35 heavy (non-hydrogen) atoms. The van der Waals surface area contributed by atoms with Crippen molar-refractivity contribution in [3.63, 3.8) is 0 Å². The maximum Gasteiger partial charge on any atom is 0.417 e. The molecule has 0 amide bonds. The third kappa shape index (κ3) is 4.86. The van der Waals surface area contributed by atoms with E-state index in [1.54, 1.807) is 17.2 Å². The summed E-state index contributed by atoms with van der Waals surface area (Å²) in [5.74, 6) is 0.671. The van der Waals surface area contributed by atoms with E-state index in [9.17, 15) is 22.4 Å². The molecule has 1 atom stereocenters. The van der Waals surface area contributed by atoms with E-state index in [-0.39, 0.29) is 5.97 Å². The number of benzene rings is 1. The van der Waals surface area contributed by atoms with Crippen LogP contribution in [-0.4, -0.2) is 58.4 Å². The molecule has 0 saturated carbocycles. The quantitative estimate of drug-likeness (QED) is 0.332. The van der Waals surface area contributed by atoms with E-state index in [0.717, 1.165) is 34.6 Å². The Balaban J connectivity index is 1.28. The van der Waals surface area contributed by atoms with Gasteiger partial charge in [0.15, 0.2) is 0 Å². The SMILES string of the molecule is O=C1CCc2cc(-c3[nH]ncc3CN3CCN(c4ccc(C(F)(F)F)cn4)[C@H](CF)C3)ccc2O1. The molecule has 0 radical (unpaired) electrons. The largest absolute Gasteiger partial charge is 0.426 e. The third-order valence-electron chi connectivity index (χ3n) is 6.40. The van der Waals surface area contributed by atoms with E-state index in [4.69, 9.17) is 4.74 Å². The topological polar surface area (TPSA) is 74.4 Å². The van der Waals surface area contributed by atoms with Crippen molar-refractivity contribution in [2.75, 3.05) is 31.2 Å². The minimum atomic E-state index is -4.46. The summed E-state index contributed by atoms with van der Waals surface area (Å²) in [4.78, 5) is 19.3. The summed E-state index contributed by atoms with van der Waals surface area (Å²) in [7, 11) is 0. The second-order valence-corrected chi connectivity index (χ2v) is 8.71. The molecule has 11 heteroatoms. The zero-order valence-corrected chi connectivity index (χ0v) is 18.7. The summed E-state index contributed by atoms with van der Waals surface area (Å²) in [6.45, 7) is 1.29. The van der Waals surface area contributed by atoms with Crippen LogP contribution in [0.4, 0.5) is 23.4 Å². The van der Waals surface area contributed by atoms with Gasteiger partial charge in [0.2, 0.25) is 0 Å². The maximum atomic E-state index is 13.9. The Morgan fingerprint density at radius 3 is 2.71 bits per heavy atom. The van der Waals surface area contributed by atoms with Crippen LogP contribution in [0.5, 0.6) is 5.75 Å². The van der Waals surface area contributed by atoms with Crippen LogP contribution >= 0.6 is 0 Å². The first-order valence-corrected chi connectivity index (χ1v) is 11.3. The normalized spacial score (nSPS) is 18.9. The summed E-state index contributed by atoms with van der Waals surface area (Å²) in [5.41, 5.74) is 2.83. The lowest BCUT2D eigenvalue weighted by atomic mass is 10.00. The van der Waals surface area contributed by atoms with Crippen molar-refractivity contribution >= 4 is 11.8 Å². The highest BCUT2D eigenvalue weighted by Crippen LogP contribution is 2.32. The van der Waals surface area contributed by atoms with Crippen LogP contribution in [-0.2, 0) is 23.9 Å². The van der Waals surface area contributed by atoms with E-state index in [0.29, 0.717) is 50.6 Å². The summed E-state index contributed by atoms with van der Waals surface area (Å²) < 4.78 is 57.7. The molecule has 4 heterocycles. The van der Waals surface area contributed by atoms with E-state index >= 15 is 0 Å². The molecular formula is C24H23F4N5O2. The van der Waals surface area contributed by atoms with E-state index in [2.05, 4.69) is 20.1 Å². The number of nitrogens with one attached hydrogen (secondary N) is 1. The van der Waals surface area contributed by atoms with Gasteiger partial charge in [-0.1, -0.05) is 0 Å². The Bertz CT molecular complexity index is 1210. The van der Waals surface area contributed by atoms with E-state index in [1.165, 1.54) is 6.07 Å². The lowest BCUT2D eigenvalue weighted by Gasteiger charge is -2.41. The fourth-order valence-corrected chi connectivity index (χ4v) is 4.58. The number of aromatic nitrogens is 3. The standard InChI is InChI=1S/C24H23F4N5O2/c25-10-19-14-32(7-8-33(19)21-5-3-18(12-29-21)24(26,27)28)13-17-11-30-31-23(17)16-1-4-20-15(9-16)2-6-22(34)35-20/h1,3-5,9,11-12,19H,2,6-8,10,13-14H2,(H,30,31)/t19-/m1/s1. The first-order valence-electron chi connectivity index (χ1n) is 11.3. The number of hydrogen-bond donors (Lipinski definition) is 1. The first-order chi connectivity index (χ1) is 16.8. The van der Waals surface area contributed by atoms with Crippen LogP contribution < -0.4 is 9.64 Å². The molecule has 0 aliphatic carbocycles. The molecule has 3 aromatic rings. The van der Waals surface area contributed by atoms with Crippen molar-refractivity contribution in [2.45, 2.75) is 31.6 Å². The van der Waals surface area contributed by atoms with Gasteiger partial charge in [0.25, 0.3) is 0 Å². The van der Waals surface area contributed by atoms with Gasteiger partial charge in [-0.05, 0) is 42.3 Å². The van der Waals surface area contributed by atoms with Gasteiger partial charge < -0.3 is 9.64 Å². The van der Waals surface area contributed by atoms with Crippen LogP contribution in [0, 0.1) is 0 Å². The molecule has 1 aromatic carbocycles. The molecular weight excluding hydrogens is 466 g/mol. The van der Waals surface area contributed by atoms with Gasteiger partial charge in [0.1, 0.15) is 18.2 Å². The number of hydrogen-bond acceptors (Lipinski definition) is 6. The van der Waals surface area contributed by atoms with Crippen molar-refractivity contribution < 1.29 is 27.1 Å². The molecule has 2 aromatic heterocycles. The maximum absolute atomic E-state index is 13.9. The highest BCUT2D eigenvalue weighted by atomic mass is 19.4. The lowest BCUT2D eigenvalue weighted by Crippen LogP contribution is -2.54. The molecule has 7 nitrogen and oxygen atoms in total. The number of ether oxygens (including phenoxy) is 1. The summed E-state index contributed by atoms with van der Waals surface area (Å²) in [5, 5.41) is 7.23. The fourth-order valence-electron chi connectivity index (χ4n) is 4.58. The summed E-state index contributed by atoms with van der Waals surface area (Å²) in [6.07, 6.45) is -0.982. The van der Waals surface area contributed by atoms with Gasteiger partial charge in [0, 0.05) is 43.5 Å². The van der Waals surface area contributed by atoms with Gasteiger partial charge in [0.05, 0.1) is 29.9 Å². The predicted molar refractivity (Wildman–Crippen MR) is 120 cm³/mol. The monoisotopic (exact) mass is 489 g/mol. The van der Waals surface area contributed by atoms with Crippen molar-refractivity contribution in [2.24, 2.45) is 0 Å². The Hall–Kier alpha value is -3.47. The van der Waals surface area contributed by atoms with Gasteiger partial charge in [-0.15, -0.1) is 0 Å². The Labute approximate surface area is 198 Å². The van der Waals surface area contributed by atoms with Crippen molar-refractivity contribution in [3.05, 3.63) is 59.4 Å². The number of carbonyl (C=O) groups excluding carboxylic acids is 1. The van der Waals surface area contributed by atoms with Gasteiger partial charge in [-0.2, -0.15) is 18.3 Å². The number of esters is 1. The van der Waals surface area contributed by atoms with Gasteiger partial charge in [-0.25, -0.2) is 9.37 Å². The van der Waals surface area contributed by atoms with Crippen LogP contribution in [0.25, 0.3) is 11.3 Å². The average molecular weight is 489 g/mol. The molecule has 0 unspecified atom stereocenters. The molecule has 1 fully saturated rings. The second kappa shape index (κ2) is 9.29. The number of halogens is 4. The molecule has 2 aliphatic rings. The predicted octanol–water partition coefficient (Wildman–Crippen LogP) is 4.00. The minimum absolute atomic E-state index is 0.236. The van der Waals surface area contributed by atoms with Crippen LogP contribution in [0.3, 0.4) is 0 Å². The number of pyridine rings is 1. The molecule has 0 spiro atoms. The molecule has 184 valence electrons. The number of aromatic amines is 1. The minimum Gasteiger partial charge on any atom is -0.426 e. The van der Waals surface area contributed by atoms with E-state index < -0.39 is 24.5 Å². The smallest absolute Gasteiger partial charge is 0.417 e. The van der Waals surface area contributed by atoms with Gasteiger partial charge in [-0.3, -0.25) is 14.8 Å². The van der Waals surface area contributed by atoms with Crippen LogP contribution in [0.2, 0.25) is 0 Å². The molecule has 1 N–H and O–H groups in total. The zero-order chi connectivity index (χ0) is 24.6. The number of anilines is 1. The Morgan fingerprint density at radius 1 is 1.11 bits per heavy atom. The first kappa shape index (κ1) is 23.3. The third-order valence-corrected chi connectivity index (χ3v) is 6.40. The Morgan fingerprint density at radius 2 is 1.97 bits per heavy atom. The molecule has 5 rings (SSSR count).